The van der Waals surface area contributed by atoms with Crippen LogP contribution in [0.2, 0.25) is 0 Å². The largest absolute Gasteiger partial charge is 0.478 e. The molecule has 0 aliphatic carbocycles. The number of aromatic carboxylic acids is 1. The van der Waals surface area contributed by atoms with Crippen molar-refractivity contribution < 1.29 is 14.1 Å². The number of hydrogen-bond acceptors (Lipinski definition) is 3. The van der Waals surface area contributed by atoms with Crippen molar-refractivity contribution in [3.05, 3.63) is 29.6 Å². The van der Waals surface area contributed by atoms with Crippen LogP contribution < -0.4 is 0 Å². The van der Waals surface area contributed by atoms with Gasteiger partial charge in [-0.1, -0.05) is 20.3 Å². The zero-order valence-electron chi connectivity index (χ0n) is 10.0. The summed E-state index contributed by atoms with van der Waals surface area (Å²) < 4.78 is 11.8. The van der Waals surface area contributed by atoms with Crippen LogP contribution in [0.15, 0.2) is 18.3 Å². The second kappa shape index (κ2) is 6.49. The minimum Gasteiger partial charge on any atom is -0.478 e. The highest BCUT2D eigenvalue weighted by Gasteiger charge is 2.08. The van der Waals surface area contributed by atoms with Gasteiger partial charge in [0.1, 0.15) is 0 Å². The van der Waals surface area contributed by atoms with Gasteiger partial charge in [0.15, 0.2) is 0 Å². The van der Waals surface area contributed by atoms with E-state index in [4.69, 9.17) is 5.11 Å². The highest BCUT2D eigenvalue weighted by molar-refractivity contribution is 7.84. The van der Waals surface area contributed by atoms with Crippen molar-refractivity contribution in [3.63, 3.8) is 0 Å². The molecule has 2 atom stereocenters. The number of rotatable bonds is 6. The van der Waals surface area contributed by atoms with Crippen molar-refractivity contribution in [1.82, 2.24) is 4.98 Å². The molecule has 0 aliphatic rings. The zero-order chi connectivity index (χ0) is 12.8. The first-order valence-electron chi connectivity index (χ1n) is 5.56. The standard InChI is InChI=1S/C12H17NO3S/c1-3-9(2)7-17(16)8-11-5-4-10(6-13-11)12(14)15/h4-6,9H,3,7-8H2,1-2H3,(H,14,15). The highest BCUT2D eigenvalue weighted by Crippen LogP contribution is 2.08. The van der Waals surface area contributed by atoms with Gasteiger partial charge in [0.25, 0.3) is 0 Å². The Labute approximate surface area is 104 Å². The quantitative estimate of drug-likeness (QED) is 0.845. The maximum atomic E-state index is 11.8. The molecule has 4 nitrogen and oxygen atoms in total. The summed E-state index contributed by atoms with van der Waals surface area (Å²) in [7, 11) is -0.928. The van der Waals surface area contributed by atoms with Crippen LogP contribution in [-0.2, 0) is 16.6 Å². The molecule has 1 rings (SSSR count). The number of nitrogens with zero attached hydrogens (tertiary/aromatic N) is 1. The Hall–Kier alpha value is -1.23. The van der Waals surface area contributed by atoms with E-state index in [1.807, 2.05) is 0 Å². The molecule has 1 heterocycles. The number of carboxylic acid groups (broad SMARTS) is 1. The normalized spacial score (nSPS) is 14.2. The Morgan fingerprint density at radius 1 is 1.53 bits per heavy atom. The van der Waals surface area contributed by atoms with Crippen molar-refractivity contribution in [2.45, 2.75) is 26.0 Å². The third kappa shape index (κ3) is 4.65. The minimum absolute atomic E-state index is 0.154. The average molecular weight is 255 g/mol. The summed E-state index contributed by atoms with van der Waals surface area (Å²) in [5.41, 5.74) is 0.832. The molecule has 0 aliphatic heterocycles. The first-order chi connectivity index (χ1) is 8.02. The molecule has 17 heavy (non-hydrogen) atoms. The van der Waals surface area contributed by atoms with Gasteiger partial charge in [-0.2, -0.15) is 0 Å². The maximum Gasteiger partial charge on any atom is 0.337 e. The predicted octanol–water partition coefficient (Wildman–Crippen LogP) is 2.07. The van der Waals surface area contributed by atoms with E-state index in [-0.39, 0.29) is 5.56 Å². The Morgan fingerprint density at radius 2 is 2.24 bits per heavy atom. The van der Waals surface area contributed by atoms with Gasteiger partial charge < -0.3 is 5.11 Å². The summed E-state index contributed by atoms with van der Waals surface area (Å²) in [5.74, 6) is 0.502. The molecule has 94 valence electrons. The lowest BCUT2D eigenvalue weighted by Gasteiger charge is -2.07. The zero-order valence-corrected chi connectivity index (χ0v) is 10.9. The van der Waals surface area contributed by atoms with Crippen LogP contribution in [0.3, 0.4) is 0 Å². The Bertz CT molecular complexity index is 403. The van der Waals surface area contributed by atoms with Gasteiger partial charge in [-0.05, 0) is 18.1 Å². The Kier molecular flexibility index (Phi) is 5.28. The number of aromatic nitrogens is 1. The molecule has 1 N–H and O–H groups in total. The first kappa shape index (κ1) is 13.8. The van der Waals surface area contributed by atoms with Gasteiger partial charge in [-0.25, -0.2) is 4.79 Å². The van der Waals surface area contributed by atoms with E-state index in [1.54, 1.807) is 6.07 Å². The Morgan fingerprint density at radius 3 is 2.71 bits per heavy atom. The van der Waals surface area contributed by atoms with Crippen LogP contribution in [0.25, 0.3) is 0 Å². The lowest BCUT2D eigenvalue weighted by atomic mass is 10.2. The van der Waals surface area contributed by atoms with Crippen LogP contribution in [0.4, 0.5) is 0 Å². The maximum absolute atomic E-state index is 11.8. The monoisotopic (exact) mass is 255 g/mol. The molecule has 5 heteroatoms. The third-order valence-corrected chi connectivity index (χ3v) is 4.11. The van der Waals surface area contributed by atoms with Crippen LogP contribution in [-0.4, -0.2) is 26.0 Å². The summed E-state index contributed by atoms with van der Waals surface area (Å²) in [6.45, 7) is 4.14. The van der Waals surface area contributed by atoms with Gasteiger partial charge in [0.05, 0.1) is 17.0 Å². The Balaban J connectivity index is 2.57. The van der Waals surface area contributed by atoms with Crippen molar-refractivity contribution in [1.29, 1.82) is 0 Å². The topological polar surface area (TPSA) is 67.3 Å². The van der Waals surface area contributed by atoms with Gasteiger partial charge in [-0.15, -0.1) is 0 Å². The SMILES string of the molecule is CCC(C)CS(=O)Cc1ccc(C(=O)O)cn1. The second-order valence-electron chi connectivity index (χ2n) is 4.11. The third-order valence-electron chi connectivity index (χ3n) is 2.55. The lowest BCUT2D eigenvalue weighted by molar-refractivity contribution is 0.0696. The molecular formula is C12H17NO3S. The molecule has 2 unspecified atom stereocenters. The lowest BCUT2D eigenvalue weighted by Crippen LogP contribution is -2.09. The molecule has 0 saturated heterocycles. The molecule has 0 amide bonds. The van der Waals surface area contributed by atoms with Gasteiger partial charge in [0, 0.05) is 22.7 Å². The molecule has 0 spiro atoms. The van der Waals surface area contributed by atoms with Crippen LogP contribution >= 0.6 is 0 Å². The fraction of sp³-hybridized carbons (Fsp3) is 0.500. The van der Waals surface area contributed by atoms with Crippen molar-refractivity contribution in [2.24, 2.45) is 5.92 Å². The minimum atomic E-state index is -0.996. The number of hydrogen-bond donors (Lipinski definition) is 1. The van der Waals surface area contributed by atoms with Crippen LogP contribution in [0.5, 0.6) is 0 Å². The van der Waals surface area contributed by atoms with Crippen molar-refractivity contribution in [2.75, 3.05) is 5.75 Å². The molecule has 0 bridgehead atoms. The van der Waals surface area contributed by atoms with E-state index in [0.717, 1.165) is 6.42 Å². The molecule has 0 aromatic carbocycles. The molecule has 1 aromatic heterocycles. The first-order valence-corrected chi connectivity index (χ1v) is 7.05. The predicted molar refractivity (Wildman–Crippen MR) is 67.4 cm³/mol. The molecule has 0 radical (unpaired) electrons. The molecule has 0 saturated carbocycles. The van der Waals surface area contributed by atoms with E-state index in [2.05, 4.69) is 18.8 Å². The van der Waals surface area contributed by atoms with Crippen molar-refractivity contribution in [3.8, 4) is 0 Å². The number of carboxylic acids is 1. The average Bonchev–Trinajstić information content (AvgIpc) is 2.29. The van der Waals surface area contributed by atoms with E-state index in [9.17, 15) is 9.00 Å². The van der Waals surface area contributed by atoms with E-state index < -0.39 is 16.8 Å². The fourth-order valence-electron chi connectivity index (χ4n) is 1.30. The smallest absolute Gasteiger partial charge is 0.337 e. The van der Waals surface area contributed by atoms with E-state index >= 15 is 0 Å². The molecular weight excluding hydrogens is 238 g/mol. The van der Waals surface area contributed by atoms with Crippen LogP contribution in [0.1, 0.15) is 36.3 Å². The van der Waals surface area contributed by atoms with Gasteiger partial charge in [-0.3, -0.25) is 9.19 Å². The summed E-state index contributed by atoms with van der Waals surface area (Å²) in [4.78, 5) is 14.6. The molecule has 1 aromatic rings. The van der Waals surface area contributed by atoms with E-state index in [1.165, 1.54) is 12.3 Å². The fourth-order valence-corrected chi connectivity index (χ4v) is 2.78. The van der Waals surface area contributed by atoms with Crippen LogP contribution in [0, 0.1) is 5.92 Å². The highest BCUT2D eigenvalue weighted by atomic mass is 32.2. The van der Waals surface area contributed by atoms with E-state index in [0.29, 0.717) is 23.1 Å². The number of pyridine rings is 1. The summed E-state index contributed by atoms with van der Waals surface area (Å²) in [6, 6.07) is 3.11. The van der Waals surface area contributed by atoms with Gasteiger partial charge >= 0.3 is 5.97 Å². The summed E-state index contributed by atoms with van der Waals surface area (Å²) in [6.07, 6.45) is 2.31. The number of carbonyl (C=O) groups is 1. The molecule has 0 fully saturated rings. The summed E-state index contributed by atoms with van der Waals surface area (Å²) in [5, 5.41) is 8.71. The second-order valence-corrected chi connectivity index (χ2v) is 5.61. The van der Waals surface area contributed by atoms with Gasteiger partial charge in [0.2, 0.25) is 0 Å². The van der Waals surface area contributed by atoms with Crippen molar-refractivity contribution >= 4 is 16.8 Å². The summed E-state index contributed by atoms with van der Waals surface area (Å²) >= 11 is 0.